The van der Waals surface area contributed by atoms with E-state index in [0.29, 0.717) is 46.9 Å². The number of dihydropyridines is 1. The summed E-state index contributed by atoms with van der Waals surface area (Å²) >= 11 is 0. The number of carbonyl (C=O) groups is 3. The maximum atomic E-state index is 13.8. The Bertz CT molecular complexity index is 1040. The Balaban J connectivity index is 2.14. The highest BCUT2D eigenvalue weighted by Crippen LogP contribution is 2.47. The van der Waals surface area contributed by atoms with Gasteiger partial charge in [0, 0.05) is 29.1 Å². The lowest BCUT2D eigenvalue weighted by Crippen LogP contribution is -2.43. The molecule has 2 aliphatic rings. The van der Waals surface area contributed by atoms with E-state index < -0.39 is 23.8 Å². The molecule has 3 rings (SSSR count). The van der Waals surface area contributed by atoms with E-state index in [9.17, 15) is 14.4 Å². The van der Waals surface area contributed by atoms with E-state index in [-0.39, 0.29) is 31.0 Å². The molecule has 1 heterocycles. The molecule has 0 fully saturated rings. The summed E-state index contributed by atoms with van der Waals surface area (Å²) in [6, 6.07) is 7.35. The number of ketones is 1. The van der Waals surface area contributed by atoms with Gasteiger partial charge in [0.2, 0.25) is 0 Å². The van der Waals surface area contributed by atoms with Crippen molar-refractivity contribution in [3.05, 3.63) is 52.4 Å². The minimum atomic E-state index is -0.949. The van der Waals surface area contributed by atoms with Gasteiger partial charge in [-0.05, 0) is 46.1 Å². The number of hydrogen-bond donors (Lipinski definition) is 1. The third kappa shape index (κ3) is 5.59. The average molecular weight is 486 g/mol. The van der Waals surface area contributed by atoms with Crippen LogP contribution in [0.5, 0.6) is 5.75 Å². The summed E-state index contributed by atoms with van der Waals surface area (Å²) in [5, 5.41) is 3.26. The van der Waals surface area contributed by atoms with Gasteiger partial charge in [-0.15, -0.1) is 0 Å². The van der Waals surface area contributed by atoms with E-state index >= 15 is 0 Å². The summed E-state index contributed by atoms with van der Waals surface area (Å²) in [4.78, 5) is 39.8. The van der Waals surface area contributed by atoms with Crippen molar-refractivity contribution in [3.8, 4) is 5.75 Å². The third-order valence-electron chi connectivity index (χ3n) is 6.22. The largest absolute Gasteiger partial charge is 0.491 e. The Hall–Kier alpha value is -3.13. The summed E-state index contributed by atoms with van der Waals surface area (Å²) in [5.74, 6) is -2.87. The van der Waals surface area contributed by atoms with Gasteiger partial charge in [-0.2, -0.15) is 0 Å². The molecule has 0 saturated heterocycles. The topological polar surface area (TPSA) is 100 Å². The van der Waals surface area contributed by atoms with Crippen LogP contribution in [0.4, 0.5) is 0 Å². The second-order valence-electron chi connectivity index (χ2n) is 9.07. The average Bonchev–Trinajstić information content (AvgIpc) is 2.80. The van der Waals surface area contributed by atoms with E-state index in [1.165, 1.54) is 7.11 Å². The number of Topliss-reactive ketones (excluding diaryl/α,β-unsaturated/α-hetero) is 1. The summed E-state index contributed by atoms with van der Waals surface area (Å²) in [5.41, 5.74) is 2.66. The first-order chi connectivity index (χ1) is 16.7. The number of para-hydroxylation sites is 1. The molecular weight excluding hydrogens is 450 g/mol. The normalized spacial score (nSPS) is 22.0. The predicted octanol–water partition coefficient (Wildman–Crippen LogP) is 3.67. The van der Waals surface area contributed by atoms with Gasteiger partial charge in [0.1, 0.15) is 18.3 Å². The van der Waals surface area contributed by atoms with Gasteiger partial charge in [0.15, 0.2) is 5.78 Å². The second kappa shape index (κ2) is 11.5. The zero-order chi connectivity index (χ0) is 25.7. The van der Waals surface area contributed by atoms with Crippen LogP contribution in [0.15, 0.2) is 46.8 Å². The number of ether oxygens (including phenoxy) is 4. The number of rotatable bonds is 9. The lowest BCUT2D eigenvalue weighted by molar-refractivity contribution is -0.151. The second-order valence-corrected chi connectivity index (χ2v) is 9.07. The van der Waals surface area contributed by atoms with Crippen LogP contribution in [0, 0.1) is 11.8 Å². The van der Waals surface area contributed by atoms with Gasteiger partial charge >= 0.3 is 11.9 Å². The van der Waals surface area contributed by atoms with Crippen LogP contribution in [-0.2, 0) is 28.6 Å². The Morgan fingerprint density at radius 1 is 1.17 bits per heavy atom. The molecule has 8 nitrogen and oxygen atoms in total. The molecule has 3 atom stereocenters. The standard InChI is InChI=1S/C27H35NO7/c1-7-33-12-13-34-27(31)22-17(5)28-19-14-16(4)21(26(30)32-6)25(29)24(19)23(22)18-10-8-9-11-20(18)35-15(2)3/h8-11,15-16,21,23,28H,7,12-14H2,1-6H3/t16-,21-,23-/m1/s1. The molecule has 8 heteroatoms. The molecule has 0 bridgehead atoms. The minimum Gasteiger partial charge on any atom is -0.491 e. The fraction of sp³-hybridized carbons (Fsp3) is 0.519. The fourth-order valence-corrected chi connectivity index (χ4v) is 4.76. The van der Waals surface area contributed by atoms with Gasteiger partial charge in [-0.1, -0.05) is 25.1 Å². The molecule has 1 aliphatic carbocycles. The molecule has 0 aromatic heterocycles. The van der Waals surface area contributed by atoms with Crippen LogP contribution in [0.25, 0.3) is 0 Å². The molecule has 0 spiro atoms. The van der Waals surface area contributed by atoms with Crippen LogP contribution in [0.2, 0.25) is 0 Å². The molecule has 35 heavy (non-hydrogen) atoms. The molecule has 1 aromatic carbocycles. The van der Waals surface area contributed by atoms with Gasteiger partial charge in [-0.25, -0.2) is 4.79 Å². The number of methoxy groups -OCH3 is 1. The molecule has 0 saturated carbocycles. The summed E-state index contributed by atoms with van der Waals surface area (Å²) in [6.07, 6.45) is 0.344. The van der Waals surface area contributed by atoms with Crippen LogP contribution in [-0.4, -0.2) is 50.8 Å². The molecule has 0 amide bonds. The molecule has 1 N–H and O–H groups in total. The minimum absolute atomic E-state index is 0.0853. The number of nitrogens with one attached hydrogen (secondary N) is 1. The third-order valence-corrected chi connectivity index (χ3v) is 6.22. The van der Waals surface area contributed by atoms with Crippen molar-refractivity contribution in [2.24, 2.45) is 11.8 Å². The maximum Gasteiger partial charge on any atom is 0.336 e. The van der Waals surface area contributed by atoms with E-state index in [4.69, 9.17) is 18.9 Å². The maximum absolute atomic E-state index is 13.8. The lowest BCUT2D eigenvalue weighted by atomic mass is 9.69. The molecule has 190 valence electrons. The van der Waals surface area contributed by atoms with Gasteiger partial charge in [0.25, 0.3) is 0 Å². The summed E-state index contributed by atoms with van der Waals surface area (Å²) in [7, 11) is 1.28. The molecule has 0 unspecified atom stereocenters. The van der Waals surface area contributed by atoms with Crippen molar-refractivity contribution < 1.29 is 33.3 Å². The van der Waals surface area contributed by atoms with Gasteiger partial charge in [0.05, 0.1) is 31.3 Å². The molecule has 1 aromatic rings. The number of hydrogen-bond acceptors (Lipinski definition) is 8. The Morgan fingerprint density at radius 3 is 2.54 bits per heavy atom. The summed E-state index contributed by atoms with van der Waals surface area (Å²) < 4.78 is 21.8. The quantitative estimate of drug-likeness (QED) is 0.321. The number of benzene rings is 1. The zero-order valence-electron chi connectivity index (χ0n) is 21.3. The van der Waals surface area contributed by atoms with E-state index in [2.05, 4.69) is 5.32 Å². The highest BCUT2D eigenvalue weighted by Gasteiger charge is 2.47. The van der Waals surface area contributed by atoms with E-state index in [1.54, 1.807) is 6.92 Å². The number of carbonyl (C=O) groups excluding carboxylic acids is 3. The monoisotopic (exact) mass is 485 g/mol. The van der Waals surface area contributed by atoms with Crippen LogP contribution in [0.3, 0.4) is 0 Å². The first-order valence-electron chi connectivity index (χ1n) is 12.0. The molecule has 1 aliphatic heterocycles. The lowest BCUT2D eigenvalue weighted by Gasteiger charge is -2.38. The van der Waals surface area contributed by atoms with Gasteiger partial charge < -0.3 is 24.3 Å². The Morgan fingerprint density at radius 2 is 1.89 bits per heavy atom. The van der Waals surface area contributed by atoms with Crippen LogP contribution >= 0.6 is 0 Å². The highest BCUT2D eigenvalue weighted by molar-refractivity contribution is 6.12. The summed E-state index contributed by atoms with van der Waals surface area (Å²) in [6.45, 7) is 10.2. The smallest absolute Gasteiger partial charge is 0.336 e. The number of esters is 2. The first kappa shape index (κ1) is 26.5. The van der Waals surface area contributed by atoms with Crippen molar-refractivity contribution in [3.63, 3.8) is 0 Å². The van der Waals surface area contributed by atoms with Crippen molar-refractivity contribution >= 4 is 17.7 Å². The Kier molecular flexibility index (Phi) is 8.72. The molecule has 0 radical (unpaired) electrons. The van der Waals surface area contributed by atoms with Crippen molar-refractivity contribution in [2.75, 3.05) is 26.9 Å². The Labute approximate surface area is 206 Å². The fourth-order valence-electron chi connectivity index (χ4n) is 4.76. The highest BCUT2D eigenvalue weighted by atomic mass is 16.6. The predicted molar refractivity (Wildman–Crippen MR) is 130 cm³/mol. The van der Waals surface area contributed by atoms with Crippen molar-refractivity contribution in [2.45, 2.75) is 53.1 Å². The SMILES string of the molecule is CCOCCOC(=O)C1=C(C)NC2=C(C(=O)[C@H](C(=O)OC)[C@H](C)C2)[C@@H]1c1ccccc1OC(C)C. The van der Waals surface area contributed by atoms with E-state index in [0.717, 1.165) is 0 Å². The molecular formula is C27H35NO7. The van der Waals surface area contributed by atoms with E-state index in [1.807, 2.05) is 52.0 Å². The van der Waals surface area contributed by atoms with Crippen molar-refractivity contribution in [1.29, 1.82) is 0 Å². The van der Waals surface area contributed by atoms with Gasteiger partial charge in [-0.3, -0.25) is 9.59 Å². The zero-order valence-corrected chi connectivity index (χ0v) is 21.3. The number of allylic oxidation sites excluding steroid dienone is 3. The van der Waals surface area contributed by atoms with Crippen LogP contribution in [0.1, 0.15) is 52.5 Å². The van der Waals surface area contributed by atoms with Crippen molar-refractivity contribution in [1.82, 2.24) is 5.32 Å². The first-order valence-corrected chi connectivity index (χ1v) is 12.0. The van der Waals surface area contributed by atoms with Crippen LogP contribution < -0.4 is 10.1 Å².